The average Bonchev–Trinajstić information content (AvgIpc) is 2.70. The van der Waals surface area contributed by atoms with Gasteiger partial charge in [0.25, 0.3) is 0 Å². The molecule has 1 aromatic heterocycles. The number of hydrogen-bond donors (Lipinski definition) is 1. The van der Waals surface area contributed by atoms with Gasteiger partial charge in [0.2, 0.25) is 5.90 Å². The Hall–Kier alpha value is -1.25. The summed E-state index contributed by atoms with van der Waals surface area (Å²) in [6.07, 6.45) is 1.20. The van der Waals surface area contributed by atoms with Crippen molar-refractivity contribution in [2.24, 2.45) is 5.92 Å². The fourth-order valence-corrected chi connectivity index (χ4v) is 1.61. The first-order chi connectivity index (χ1) is 6.72. The molecule has 0 bridgehead atoms. The first-order valence-electron chi connectivity index (χ1n) is 5.03. The highest BCUT2D eigenvalue weighted by Gasteiger charge is 2.36. The van der Waals surface area contributed by atoms with Crippen LogP contribution in [0, 0.1) is 11.3 Å². The van der Waals surface area contributed by atoms with Crippen molar-refractivity contribution in [2.75, 3.05) is 6.61 Å². The van der Waals surface area contributed by atoms with Gasteiger partial charge in [0, 0.05) is 5.92 Å². The lowest BCUT2D eigenvalue weighted by Gasteiger charge is -2.00. The van der Waals surface area contributed by atoms with Crippen LogP contribution in [0.3, 0.4) is 0 Å². The first-order valence-corrected chi connectivity index (χ1v) is 5.03. The summed E-state index contributed by atoms with van der Waals surface area (Å²) in [4.78, 5) is 0. The largest absolute Gasteiger partial charge is 0.476 e. The molecule has 3 nitrogen and oxygen atoms in total. The van der Waals surface area contributed by atoms with Crippen molar-refractivity contribution in [2.45, 2.75) is 26.2 Å². The molecule has 1 fully saturated rings. The third-order valence-electron chi connectivity index (χ3n) is 2.61. The van der Waals surface area contributed by atoms with Crippen LogP contribution in [0.1, 0.15) is 37.7 Å². The van der Waals surface area contributed by atoms with Crippen LogP contribution in [0.5, 0.6) is 0 Å². The summed E-state index contributed by atoms with van der Waals surface area (Å²) in [6, 6.07) is 3.77. The van der Waals surface area contributed by atoms with E-state index in [1.165, 1.54) is 6.42 Å². The maximum atomic E-state index is 7.54. The molecule has 0 saturated heterocycles. The zero-order valence-corrected chi connectivity index (χ0v) is 8.54. The van der Waals surface area contributed by atoms with Crippen molar-refractivity contribution < 1.29 is 9.15 Å². The summed E-state index contributed by atoms with van der Waals surface area (Å²) in [5.74, 6) is 2.97. The van der Waals surface area contributed by atoms with E-state index in [4.69, 9.17) is 14.6 Å². The number of rotatable bonds is 3. The Kier molecular flexibility index (Phi) is 2.32. The molecule has 76 valence electrons. The third kappa shape index (κ3) is 1.67. The molecule has 1 aliphatic carbocycles. The number of furan rings is 1. The Bertz CT molecular complexity index is 343. The summed E-state index contributed by atoms with van der Waals surface area (Å²) in [7, 11) is 0. The summed E-state index contributed by atoms with van der Waals surface area (Å²) in [6.45, 7) is 4.58. The average molecular weight is 193 g/mol. The first kappa shape index (κ1) is 9.31. The molecule has 0 spiro atoms. The lowest BCUT2D eigenvalue weighted by atomic mass is 10.3. The summed E-state index contributed by atoms with van der Waals surface area (Å²) < 4.78 is 10.6. The fraction of sp³-hybridized carbons (Fsp3) is 0.545. The minimum absolute atomic E-state index is 0.132. The lowest BCUT2D eigenvalue weighted by Crippen LogP contribution is -2.02. The highest BCUT2D eigenvalue weighted by Crippen LogP contribution is 2.47. The Morgan fingerprint density at radius 2 is 2.36 bits per heavy atom. The van der Waals surface area contributed by atoms with Gasteiger partial charge in [-0.15, -0.1) is 0 Å². The van der Waals surface area contributed by atoms with Gasteiger partial charge in [-0.25, -0.2) is 0 Å². The van der Waals surface area contributed by atoms with Crippen LogP contribution in [-0.2, 0) is 4.74 Å². The molecule has 1 heterocycles. The Morgan fingerprint density at radius 1 is 1.64 bits per heavy atom. The van der Waals surface area contributed by atoms with Crippen LogP contribution < -0.4 is 0 Å². The maximum absolute atomic E-state index is 7.54. The van der Waals surface area contributed by atoms with E-state index in [1.807, 2.05) is 19.1 Å². The molecule has 0 aliphatic heterocycles. The molecule has 1 aliphatic rings. The molecule has 14 heavy (non-hydrogen) atoms. The van der Waals surface area contributed by atoms with Crippen LogP contribution in [0.4, 0.5) is 0 Å². The van der Waals surface area contributed by atoms with E-state index < -0.39 is 0 Å². The van der Waals surface area contributed by atoms with Crippen molar-refractivity contribution in [3.63, 3.8) is 0 Å². The lowest BCUT2D eigenvalue weighted by molar-refractivity contribution is 0.314. The van der Waals surface area contributed by atoms with Gasteiger partial charge < -0.3 is 9.15 Å². The van der Waals surface area contributed by atoms with E-state index in [0.717, 1.165) is 11.7 Å². The molecule has 3 heteroatoms. The molecular weight excluding hydrogens is 178 g/mol. The molecule has 0 radical (unpaired) electrons. The Labute approximate surface area is 83.6 Å². The summed E-state index contributed by atoms with van der Waals surface area (Å²) in [5, 5.41) is 7.54. The Morgan fingerprint density at radius 3 is 2.93 bits per heavy atom. The van der Waals surface area contributed by atoms with Crippen molar-refractivity contribution in [3.8, 4) is 0 Å². The number of ether oxygens (including phenoxy) is 1. The van der Waals surface area contributed by atoms with E-state index in [1.54, 1.807) is 0 Å². The second-order valence-corrected chi connectivity index (χ2v) is 3.78. The zero-order valence-electron chi connectivity index (χ0n) is 8.54. The predicted molar refractivity (Wildman–Crippen MR) is 53.7 cm³/mol. The van der Waals surface area contributed by atoms with Crippen molar-refractivity contribution >= 4 is 5.90 Å². The van der Waals surface area contributed by atoms with Gasteiger partial charge in [-0.1, -0.05) is 6.92 Å². The minimum atomic E-state index is 0.132. The molecular formula is C11H15NO2. The molecule has 2 rings (SSSR count). The van der Waals surface area contributed by atoms with E-state index in [9.17, 15) is 0 Å². The fourth-order valence-electron chi connectivity index (χ4n) is 1.61. The Balaban J connectivity index is 2.06. The summed E-state index contributed by atoms with van der Waals surface area (Å²) >= 11 is 0. The maximum Gasteiger partial charge on any atom is 0.250 e. The van der Waals surface area contributed by atoms with Gasteiger partial charge in [0.05, 0.1) is 6.61 Å². The number of nitrogens with one attached hydrogen (secondary N) is 1. The molecule has 0 aromatic carbocycles. The molecule has 0 amide bonds. The SMILES string of the molecule is CCOC(=N)c1ccc(C2CC2C)o1. The molecule has 1 saturated carbocycles. The van der Waals surface area contributed by atoms with Gasteiger partial charge in [0.15, 0.2) is 5.76 Å². The topological polar surface area (TPSA) is 46.2 Å². The van der Waals surface area contributed by atoms with Gasteiger partial charge in [-0.2, -0.15) is 0 Å². The van der Waals surface area contributed by atoms with Gasteiger partial charge in [0.1, 0.15) is 5.76 Å². The van der Waals surface area contributed by atoms with Gasteiger partial charge >= 0.3 is 0 Å². The van der Waals surface area contributed by atoms with E-state index >= 15 is 0 Å². The van der Waals surface area contributed by atoms with Crippen molar-refractivity contribution in [1.82, 2.24) is 0 Å². The van der Waals surface area contributed by atoms with Crippen LogP contribution in [0.2, 0.25) is 0 Å². The standard InChI is InChI=1S/C11H15NO2/c1-3-13-11(12)10-5-4-9(14-10)8-6-7(8)2/h4-5,7-8,12H,3,6H2,1-2H3. The van der Waals surface area contributed by atoms with E-state index in [0.29, 0.717) is 18.3 Å². The highest BCUT2D eigenvalue weighted by atomic mass is 16.5. The van der Waals surface area contributed by atoms with Crippen molar-refractivity contribution in [1.29, 1.82) is 5.41 Å². The highest BCUT2D eigenvalue weighted by molar-refractivity contribution is 5.88. The van der Waals surface area contributed by atoms with Crippen molar-refractivity contribution in [3.05, 3.63) is 23.7 Å². The molecule has 1 aromatic rings. The second-order valence-electron chi connectivity index (χ2n) is 3.78. The predicted octanol–water partition coefficient (Wildman–Crippen LogP) is 2.76. The normalized spacial score (nSPS) is 24.7. The van der Waals surface area contributed by atoms with Gasteiger partial charge in [-0.05, 0) is 31.4 Å². The van der Waals surface area contributed by atoms with Crippen LogP contribution in [-0.4, -0.2) is 12.5 Å². The van der Waals surface area contributed by atoms with Crippen LogP contribution in [0.25, 0.3) is 0 Å². The second kappa shape index (κ2) is 3.48. The van der Waals surface area contributed by atoms with Gasteiger partial charge in [-0.3, -0.25) is 5.41 Å². The van der Waals surface area contributed by atoms with E-state index in [2.05, 4.69) is 6.92 Å². The molecule has 1 N–H and O–H groups in total. The number of hydrogen-bond acceptors (Lipinski definition) is 3. The van der Waals surface area contributed by atoms with E-state index in [-0.39, 0.29) is 5.90 Å². The molecule has 2 atom stereocenters. The van der Waals surface area contributed by atoms with Crippen LogP contribution >= 0.6 is 0 Å². The summed E-state index contributed by atoms with van der Waals surface area (Å²) in [5.41, 5.74) is 0. The van der Waals surface area contributed by atoms with Crippen LogP contribution in [0.15, 0.2) is 16.5 Å². The monoisotopic (exact) mass is 193 g/mol. The molecule has 2 unspecified atom stereocenters. The third-order valence-corrected chi connectivity index (χ3v) is 2.61. The minimum Gasteiger partial charge on any atom is -0.476 e. The zero-order chi connectivity index (χ0) is 10.1. The quantitative estimate of drug-likeness (QED) is 0.592. The smallest absolute Gasteiger partial charge is 0.250 e.